The van der Waals surface area contributed by atoms with Crippen LogP contribution in [0.2, 0.25) is 0 Å². The van der Waals surface area contributed by atoms with Gasteiger partial charge >= 0.3 is 0 Å². The van der Waals surface area contributed by atoms with Crippen LogP contribution < -0.4 is 18.9 Å². The maximum atomic E-state index is 14.2. The zero-order chi connectivity index (χ0) is 63.6. The lowest BCUT2D eigenvalue weighted by molar-refractivity contribution is 0.0911. The molecule has 88 heavy (non-hydrogen) atoms. The van der Waals surface area contributed by atoms with Crippen molar-refractivity contribution in [1.82, 2.24) is 0 Å². The van der Waals surface area contributed by atoms with Crippen LogP contribution in [0.3, 0.4) is 0 Å². The van der Waals surface area contributed by atoms with E-state index in [9.17, 15) is 19.2 Å². The zero-order valence-electron chi connectivity index (χ0n) is 52.5. The number of ketones is 4. The third kappa shape index (κ3) is 17.2. The summed E-state index contributed by atoms with van der Waals surface area (Å²) in [6, 6.07) is 55.5. The number of nitriles is 1. The first-order valence-electron chi connectivity index (χ1n) is 29.4. The van der Waals surface area contributed by atoms with Crippen molar-refractivity contribution in [3.63, 3.8) is 0 Å². The molecule has 1 aliphatic heterocycles. The number of rotatable bonds is 16. The summed E-state index contributed by atoms with van der Waals surface area (Å²) in [6.07, 6.45) is 0.625. The largest absolute Gasteiger partial charge is 0.483 e. The molecule has 8 aromatic rings. The van der Waals surface area contributed by atoms with E-state index in [0.29, 0.717) is 90.8 Å². The molecule has 0 aliphatic carbocycles. The van der Waals surface area contributed by atoms with E-state index in [2.05, 4.69) is 132 Å². The Labute approximate surface area is 537 Å². The molecule has 0 radical (unpaired) electrons. The smallest absolute Gasteiger partial charge is 0.200 e. The van der Waals surface area contributed by atoms with Gasteiger partial charge in [0.15, 0.2) is 49.6 Å². The van der Waals surface area contributed by atoms with Crippen molar-refractivity contribution in [3.05, 3.63) is 214 Å². The maximum Gasteiger partial charge on any atom is 0.200 e. The fraction of sp³-hybridized carbons (Fsp3) is 0.293. The molecular weight excluding hydrogens is 1170 g/mol. The number of carbonyl (C=O) groups is 4. The molecule has 0 amide bonds. The Morgan fingerprint density at radius 1 is 0.330 bits per heavy atom. The summed E-state index contributed by atoms with van der Waals surface area (Å²) >= 11 is 5.81. The molecule has 8 bridgehead atoms. The van der Waals surface area contributed by atoms with Gasteiger partial charge in [0, 0.05) is 28.7 Å². The summed E-state index contributed by atoms with van der Waals surface area (Å²) in [7, 11) is 0. The molecule has 0 spiro atoms. The molecule has 9 rings (SSSR count). The van der Waals surface area contributed by atoms with Crippen LogP contribution in [0.1, 0.15) is 160 Å². The Morgan fingerprint density at radius 3 is 0.625 bits per heavy atom. The van der Waals surface area contributed by atoms with Gasteiger partial charge in [0.2, 0.25) is 0 Å². The Bertz CT molecular complexity index is 3270. The standard InChI is InChI=1S/C72H72O8S4.C3H5N/c1-69(2,3)49-33-57-65(77-41-53(73)45-25-17-13-18-26-45)58(34-49)82-60-36-51(71(7,8)9)38-62(67(60)79-43-55(75)47-29-21-15-22-30-47)84-64-40-52(72(10,11)12)39-63(68(64)80-44-56(76)48-31-23-16-24-32-48)83-61-37-50(70(4,5)6)35-59(81-57)66(61)78-42-54(74)46-27-19-14-20-28-46;1-2-3-4/h13-40H,41-44H2,1-12H3;2H2,1H3. The average molecular weight is 1250 g/mol. The molecule has 9 nitrogen and oxygen atoms in total. The highest BCUT2D eigenvalue weighted by Crippen LogP contribution is 2.56. The number of ether oxygens (including phenoxy) is 4. The predicted octanol–water partition coefficient (Wildman–Crippen LogP) is 19.8. The van der Waals surface area contributed by atoms with E-state index in [0.717, 1.165) is 22.3 Å². The maximum absolute atomic E-state index is 14.2. The number of fused-ring (bicyclic) bond motifs is 8. The molecule has 0 atom stereocenters. The van der Waals surface area contributed by atoms with Crippen LogP contribution >= 0.6 is 47.0 Å². The molecule has 0 fully saturated rings. The van der Waals surface area contributed by atoms with E-state index >= 15 is 0 Å². The number of carbonyl (C=O) groups excluding carboxylic acids is 4. The van der Waals surface area contributed by atoms with Crippen molar-refractivity contribution in [2.45, 2.75) is 157 Å². The lowest BCUT2D eigenvalue weighted by atomic mass is 9.87. The minimum absolute atomic E-state index is 0.197. The van der Waals surface area contributed by atoms with Gasteiger partial charge in [-0.3, -0.25) is 19.2 Å². The van der Waals surface area contributed by atoms with Gasteiger partial charge in [-0.25, -0.2) is 0 Å². The van der Waals surface area contributed by atoms with E-state index in [1.54, 1.807) is 48.5 Å². The van der Waals surface area contributed by atoms with Gasteiger partial charge in [-0.05, 0) is 92.4 Å². The van der Waals surface area contributed by atoms with Gasteiger partial charge in [0.25, 0.3) is 0 Å². The minimum Gasteiger partial charge on any atom is -0.483 e. The fourth-order valence-electron chi connectivity index (χ4n) is 9.07. The number of benzene rings is 8. The van der Waals surface area contributed by atoms with Crippen LogP contribution in [0.5, 0.6) is 23.0 Å². The van der Waals surface area contributed by atoms with Gasteiger partial charge in [-0.2, -0.15) is 5.26 Å². The van der Waals surface area contributed by atoms with Crippen molar-refractivity contribution in [2.24, 2.45) is 0 Å². The van der Waals surface area contributed by atoms with E-state index in [-0.39, 0.29) is 71.2 Å². The topological polar surface area (TPSA) is 129 Å². The van der Waals surface area contributed by atoms with E-state index < -0.39 is 0 Å². The summed E-state index contributed by atoms with van der Waals surface area (Å²) in [4.78, 5) is 62.5. The molecule has 0 N–H and O–H groups in total. The molecule has 8 aromatic carbocycles. The molecular formula is C75H77NO8S4. The Hall–Kier alpha value is -7.47. The molecule has 1 aliphatic rings. The lowest BCUT2D eigenvalue weighted by Gasteiger charge is -2.28. The monoisotopic (exact) mass is 1250 g/mol. The van der Waals surface area contributed by atoms with Gasteiger partial charge < -0.3 is 18.9 Å². The fourth-order valence-corrected chi connectivity index (χ4v) is 13.9. The zero-order valence-corrected chi connectivity index (χ0v) is 55.8. The summed E-state index contributed by atoms with van der Waals surface area (Å²) in [5.41, 5.74) is 4.51. The van der Waals surface area contributed by atoms with Crippen molar-refractivity contribution >= 4 is 70.2 Å². The summed E-state index contributed by atoms with van der Waals surface area (Å²) in [5.74, 6) is 1.09. The molecule has 454 valence electrons. The normalized spacial score (nSPS) is 12.4. The van der Waals surface area contributed by atoms with Crippen LogP contribution in [-0.2, 0) is 21.7 Å². The first-order valence-corrected chi connectivity index (χ1v) is 32.6. The van der Waals surface area contributed by atoms with Gasteiger partial charge in [0.05, 0.1) is 45.2 Å². The predicted molar refractivity (Wildman–Crippen MR) is 358 cm³/mol. The molecule has 1 heterocycles. The lowest BCUT2D eigenvalue weighted by Crippen LogP contribution is -2.16. The summed E-state index contributed by atoms with van der Waals surface area (Å²) in [6.45, 7) is 26.8. The van der Waals surface area contributed by atoms with E-state index in [1.807, 2.05) is 85.8 Å². The summed E-state index contributed by atoms with van der Waals surface area (Å²) < 4.78 is 27.9. The third-order valence-electron chi connectivity index (χ3n) is 14.4. The number of Topliss-reactive ketones (excluding diaryl/α,β-unsaturated/α-hetero) is 4. The van der Waals surface area contributed by atoms with Gasteiger partial charge in [-0.1, -0.05) is 258 Å². The Kier molecular flexibility index (Phi) is 21.7. The molecule has 0 unspecified atom stereocenters. The number of nitrogens with zero attached hydrogens (tertiary/aromatic N) is 1. The summed E-state index contributed by atoms with van der Waals surface area (Å²) in [5, 5.41) is 7.62. The molecule has 0 saturated carbocycles. The van der Waals surface area contributed by atoms with Crippen molar-refractivity contribution in [1.29, 1.82) is 5.26 Å². The van der Waals surface area contributed by atoms with Gasteiger partial charge in [0.1, 0.15) is 23.0 Å². The van der Waals surface area contributed by atoms with Crippen molar-refractivity contribution < 1.29 is 38.1 Å². The van der Waals surface area contributed by atoms with Crippen molar-refractivity contribution in [2.75, 3.05) is 26.4 Å². The Balaban J connectivity index is 0.00000243. The molecule has 13 heteroatoms. The third-order valence-corrected chi connectivity index (χ3v) is 18.5. The van der Waals surface area contributed by atoms with Gasteiger partial charge in [-0.15, -0.1) is 0 Å². The van der Waals surface area contributed by atoms with Crippen LogP contribution in [0, 0.1) is 11.3 Å². The first kappa shape index (κ1) is 66.5. The Morgan fingerprint density at radius 2 is 0.489 bits per heavy atom. The molecule has 0 saturated heterocycles. The number of hydrogen-bond acceptors (Lipinski definition) is 13. The average Bonchev–Trinajstić information content (AvgIpc) is 1.14. The van der Waals surface area contributed by atoms with Crippen LogP contribution in [0.25, 0.3) is 0 Å². The van der Waals surface area contributed by atoms with E-state index in [4.69, 9.17) is 24.2 Å². The van der Waals surface area contributed by atoms with Crippen LogP contribution in [0.4, 0.5) is 0 Å². The first-order chi connectivity index (χ1) is 41.7. The minimum atomic E-state index is -0.388. The quantitative estimate of drug-likeness (QED) is 0.0852. The highest BCUT2D eigenvalue weighted by Gasteiger charge is 2.32. The second kappa shape index (κ2) is 28.8. The second-order valence-electron chi connectivity index (χ2n) is 25.4. The molecule has 0 aromatic heterocycles. The van der Waals surface area contributed by atoms with Crippen LogP contribution in [0.15, 0.2) is 209 Å². The second-order valence-corrected chi connectivity index (χ2v) is 29.8. The highest BCUT2D eigenvalue weighted by atomic mass is 32.2. The highest BCUT2D eigenvalue weighted by molar-refractivity contribution is 8.01. The number of hydrogen-bond donors (Lipinski definition) is 0. The van der Waals surface area contributed by atoms with Crippen LogP contribution in [-0.4, -0.2) is 49.6 Å². The SMILES string of the molecule is CC(C)(C)c1cc2c(OCC(=O)c3ccccc3)c(c1)Sc1cc(C(C)(C)C)cc(c1OCC(=O)c1ccccc1)Sc1cc(C(C)(C)C)cc(c1OCC(=O)c1ccccc1)Sc1cc(C(C)(C)C)cc(c1OCC(=O)c1ccccc1)S2.CCC#N. The van der Waals surface area contributed by atoms with Crippen molar-refractivity contribution in [3.8, 4) is 29.1 Å². The van der Waals surface area contributed by atoms with E-state index in [1.165, 1.54) is 47.0 Å².